The first-order chi connectivity index (χ1) is 12.7. The van der Waals surface area contributed by atoms with Crippen LogP contribution >= 0.6 is 11.6 Å². The molecule has 6 heteroatoms. The molecule has 0 radical (unpaired) electrons. The molecular formula is C20H18ClN3O2. The largest absolute Gasteiger partial charge is 0.437 e. The van der Waals surface area contributed by atoms with Gasteiger partial charge >= 0.3 is 0 Å². The summed E-state index contributed by atoms with van der Waals surface area (Å²) in [6.45, 7) is 2.95. The average Bonchev–Trinajstić information content (AvgIpc) is 3.10. The second kappa shape index (κ2) is 7.22. The number of rotatable bonds is 3. The number of hydrogen-bond acceptors (Lipinski definition) is 4. The van der Waals surface area contributed by atoms with E-state index in [9.17, 15) is 4.79 Å². The number of oxazole rings is 1. The molecule has 1 fully saturated rings. The third-order valence-corrected chi connectivity index (χ3v) is 4.71. The van der Waals surface area contributed by atoms with E-state index < -0.39 is 0 Å². The number of nitrogens with zero attached hydrogens (tertiary/aromatic N) is 3. The van der Waals surface area contributed by atoms with E-state index in [-0.39, 0.29) is 5.91 Å². The number of carbonyl (C=O) groups is 1. The highest BCUT2D eigenvalue weighted by Gasteiger charge is 2.20. The van der Waals surface area contributed by atoms with E-state index in [1.165, 1.54) is 6.08 Å². The van der Waals surface area contributed by atoms with Crippen molar-refractivity contribution in [1.29, 1.82) is 0 Å². The molecule has 0 saturated carbocycles. The number of para-hydroxylation sites is 2. The van der Waals surface area contributed by atoms with Crippen LogP contribution in [0.1, 0.15) is 5.89 Å². The number of carbonyl (C=O) groups excluding carboxylic acids is 1. The van der Waals surface area contributed by atoms with Crippen LogP contribution in [-0.4, -0.2) is 42.0 Å². The number of amides is 1. The molecule has 0 atom stereocenters. The van der Waals surface area contributed by atoms with Gasteiger partial charge in [0.1, 0.15) is 5.52 Å². The predicted octanol–water partition coefficient (Wildman–Crippen LogP) is 3.84. The van der Waals surface area contributed by atoms with Crippen LogP contribution in [-0.2, 0) is 4.79 Å². The minimum absolute atomic E-state index is 0.0250. The van der Waals surface area contributed by atoms with Crippen LogP contribution in [0, 0.1) is 0 Å². The number of piperazine rings is 1. The van der Waals surface area contributed by atoms with Gasteiger partial charge in [0.05, 0.1) is 0 Å². The van der Waals surface area contributed by atoms with Crippen LogP contribution in [0.5, 0.6) is 0 Å². The normalized spacial score (nSPS) is 15.1. The lowest BCUT2D eigenvalue weighted by Crippen LogP contribution is -2.48. The molecule has 0 spiro atoms. The van der Waals surface area contributed by atoms with Crippen LogP contribution in [0.4, 0.5) is 5.69 Å². The maximum absolute atomic E-state index is 12.4. The van der Waals surface area contributed by atoms with Crippen molar-refractivity contribution in [2.75, 3.05) is 31.1 Å². The van der Waals surface area contributed by atoms with Gasteiger partial charge in [-0.15, -0.1) is 0 Å². The summed E-state index contributed by atoms with van der Waals surface area (Å²) < 4.78 is 5.60. The highest BCUT2D eigenvalue weighted by atomic mass is 35.5. The number of hydrogen-bond donors (Lipinski definition) is 0. The van der Waals surface area contributed by atoms with Gasteiger partial charge in [-0.1, -0.05) is 23.7 Å². The van der Waals surface area contributed by atoms with Gasteiger partial charge in [0, 0.05) is 49.0 Å². The van der Waals surface area contributed by atoms with Crippen LogP contribution in [0.2, 0.25) is 5.02 Å². The highest BCUT2D eigenvalue weighted by Crippen LogP contribution is 2.20. The van der Waals surface area contributed by atoms with E-state index in [4.69, 9.17) is 16.0 Å². The Balaban J connectivity index is 1.36. The van der Waals surface area contributed by atoms with E-state index in [1.807, 2.05) is 53.4 Å². The molecule has 2 heterocycles. The van der Waals surface area contributed by atoms with Gasteiger partial charge in [-0.25, -0.2) is 4.98 Å². The van der Waals surface area contributed by atoms with Crippen LogP contribution in [0.3, 0.4) is 0 Å². The molecule has 4 rings (SSSR count). The maximum atomic E-state index is 12.4. The van der Waals surface area contributed by atoms with Crippen molar-refractivity contribution in [3.05, 3.63) is 65.5 Å². The second-order valence-electron chi connectivity index (χ2n) is 6.14. The predicted molar refractivity (Wildman–Crippen MR) is 103 cm³/mol. The molecule has 1 amide bonds. The molecule has 2 aromatic carbocycles. The van der Waals surface area contributed by atoms with E-state index in [0.717, 1.165) is 34.9 Å². The third-order valence-electron chi connectivity index (χ3n) is 4.46. The molecule has 0 bridgehead atoms. The average molecular weight is 368 g/mol. The van der Waals surface area contributed by atoms with Gasteiger partial charge in [0.15, 0.2) is 5.58 Å². The maximum Gasteiger partial charge on any atom is 0.246 e. The molecule has 0 N–H and O–H groups in total. The minimum atomic E-state index is -0.0250. The number of aromatic nitrogens is 1. The molecule has 26 heavy (non-hydrogen) atoms. The second-order valence-corrected chi connectivity index (χ2v) is 6.58. The molecular weight excluding hydrogens is 350 g/mol. The van der Waals surface area contributed by atoms with E-state index in [1.54, 1.807) is 6.08 Å². The van der Waals surface area contributed by atoms with Crippen LogP contribution < -0.4 is 4.90 Å². The number of anilines is 1. The topological polar surface area (TPSA) is 49.6 Å². The molecule has 3 aromatic rings. The Morgan fingerprint density at radius 3 is 2.50 bits per heavy atom. The Morgan fingerprint density at radius 1 is 1.04 bits per heavy atom. The van der Waals surface area contributed by atoms with Gasteiger partial charge in [0.2, 0.25) is 11.8 Å². The Kier molecular flexibility index (Phi) is 4.63. The summed E-state index contributed by atoms with van der Waals surface area (Å²) in [5.74, 6) is 0.419. The van der Waals surface area contributed by atoms with Gasteiger partial charge in [0.25, 0.3) is 0 Å². The minimum Gasteiger partial charge on any atom is -0.437 e. The number of fused-ring (bicyclic) bond motifs is 1. The highest BCUT2D eigenvalue weighted by molar-refractivity contribution is 6.30. The number of benzene rings is 2. The Bertz CT molecular complexity index is 908. The van der Waals surface area contributed by atoms with Crippen molar-refractivity contribution in [2.24, 2.45) is 0 Å². The zero-order chi connectivity index (χ0) is 17.9. The standard InChI is InChI=1S/C20H18ClN3O2/c21-15-5-7-16(8-6-15)23-11-13-24(14-12-23)20(25)10-9-19-22-17-3-1-2-4-18(17)26-19/h1-10H,11-14H2. The zero-order valence-electron chi connectivity index (χ0n) is 14.1. The first kappa shape index (κ1) is 16.7. The van der Waals surface area contributed by atoms with E-state index >= 15 is 0 Å². The lowest BCUT2D eigenvalue weighted by molar-refractivity contribution is -0.126. The van der Waals surface area contributed by atoms with Crippen molar-refractivity contribution < 1.29 is 9.21 Å². The molecule has 1 aromatic heterocycles. The van der Waals surface area contributed by atoms with Gasteiger partial charge in [-0.3, -0.25) is 4.79 Å². The van der Waals surface area contributed by atoms with Crippen molar-refractivity contribution in [1.82, 2.24) is 9.88 Å². The summed E-state index contributed by atoms with van der Waals surface area (Å²) >= 11 is 5.93. The van der Waals surface area contributed by atoms with Crippen molar-refractivity contribution >= 4 is 40.4 Å². The Morgan fingerprint density at radius 2 is 1.77 bits per heavy atom. The molecule has 1 aliphatic rings. The monoisotopic (exact) mass is 367 g/mol. The SMILES string of the molecule is O=C(C=Cc1nc2ccccc2o1)N1CCN(c2ccc(Cl)cc2)CC1. The quantitative estimate of drug-likeness (QED) is 0.660. The van der Waals surface area contributed by atoms with Gasteiger partial charge < -0.3 is 14.2 Å². The van der Waals surface area contributed by atoms with E-state index in [2.05, 4.69) is 9.88 Å². The molecule has 1 saturated heterocycles. The lowest BCUT2D eigenvalue weighted by Gasteiger charge is -2.35. The first-order valence-corrected chi connectivity index (χ1v) is 8.90. The summed E-state index contributed by atoms with van der Waals surface area (Å²) in [7, 11) is 0. The summed E-state index contributed by atoms with van der Waals surface area (Å²) in [5.41, 5.74) is 2.64. The molecule has 5 nitrogen and oxygen atoms in total. The summed E-state index contributed by atoms with van der Waals surface area (Å²) in [6, 6.07) is 15.3. The molecule has 0 aliphatic carbocycles. The Labute approximate surface area is 156 Å². The van der Waals surface area contributed by atoms with Crippen molar-refractivity contribution in [3.8, 4) is 0 Å². The molecule has 1 aliphatic heterocycles. The summed E-state index contributed by atoms with van der Waals surface area (Å²) in [4.78, 5) is 20.8. The molecule has 132 valence electrons. The lowest BCUT2D eigenvalue weighted by atomic mass is 10.2. The smallest absolute Gasteiger partial charge is 0.246 e. The first-order valence-electron chi connectivity index (χ1n) is 8.52. The van der Waals surface area contributed by atoms with Crippen LogP contribution in [0.25, 0.3) is 17.2 Å². The van der Waals surface area contributed by atoms with E-state index in [0.29, 0.717) is 19.0 Å². The zero-order valence-corrected chi connectivity index (χ0v) is 14.9. The Hall–Kier alpha value is -2.79. The van der Waals surface area contributed by atoms with Crippen molar-refractivity contribution in [2.45, 2.75) is 0 Å². The van der Waals surface area contributed by atoms with Crippen molar-refractivity contribution in [3.63, 3.8) is 0 Å². The third kappa shape index (κ3) is 3.58. The summed E-state index contributed by atoms with van der Waals surface area (Å²) in [5, 5.41) is 0.729. The fourth-order valence-corrected chi connectivity index (χ4v) is 3.17. The summed E-state index contributed by atoms with van der Waals surface area (Å²) in [6.07, 6.45) is 3.16. The molecule has 0 unspecified atom stereocenters. The van der Waals surface area contributed by atoms with Gasteiger partial charge in [-0.05, 0) is 36.4 Å². The fraction of sp³-hybridized carbons (Fsp3) is 0.200. The van der Waals surface area contributed by atoms with Gasteiger partial charge in [-0.2, -0.15) is 0 Å². The number of halogens is 1. The fourth-order valence-electron chi connectivity index (χ4n) is 3.05. The van der Waals surface area contributed by atoms with Crippen LogP contribution in [0.15, 0.2) is 59.0 Å².